The summed E-state index contributed by atoms with van der Waals surface area (Å²) in [6.07, 6.45) is 0. The molecule has 0 aliphatic carbocycles. The van der Waals surface area contributed by atoms with E-state index in [9.17, 15) is 0 Å². The Morgan fingerprint density at radius 1 is 0.952 bits per heavy atom. The first-order valence-corrected chi connectivity index (χ1v) is 7.60. The monoisotopic (exact) mass is 341 g/mol. The van der Waals surface area contributed by atoms with Gasteiger partial charge in [-0.25, -0.2) is 0 Å². The Bertz CT molecular complexity index is 770. The van der Waals surface area contributed by atoms with E-state index in [-0.39, 0.29) is 0 Å². The molecule has 0 radical (unpaired) electrons. The third kappa shape index (κ3) is 3.19. The molecule has 2 nitrogen and oxygen atoms in total. The lowest BCUT2D eigenvalue weighted by molar-refractivity contribution is 0.410. The van der Waals surface area contributed by atoms with Crippen molar-refractivity contribution in [2.45, 2.75) is 6.54 Å². The summed E-state index contributed by atoms with van der Waals surface area (Å²) in [5, 5.41) is 5.95. The van der Waals surface area contributed by atoms with Crippen LogP contribution in [0, 0.1) is 0 Å². The predicted molar refractivity (Wildman–Crippen MR) is 92.0 cm³/mol. The summed E-state index contributed by atoms with van der Waals surface area (Å²) in [5.41, 5.74) is 2.23. The highest BCUT2D eigenvalue weighted by Gasteiger charge is 2.04. The first-order valence-electron chi connectivity index (χ1n) is 6.81. The normalized spacial score (nSPS) is 10.6. The van der Waals surface area contributed by atoms with Gasteiger partial charge in [-0.05, 0) is 41.1 Å². The Kier molecular flexibility index (Phi) is 4.11. The molecule has 1 N–H and O–H groups in total. The molecule has 3 rings (SSSR count). The second-order valence-electron chi connectivity index (χ2n) is 4.87. The van der Waals surface area contributed by atoms with Gasteiger partial charge in [0, 0.05) is 22.3 Å². The van der Waals surface area contributed by atoms with Crippen LogP contribution in [0.15, 0.2) is 65.1 Å². The first kappa shape index (κ1) is 14.0. The van der Waals surface area contributed by atoms with Gasteiger partial charge in [-0.3, -0.25) is 0 Å². The molecular formula is C18H16BrNO. The van der Waals surface area contributed by atoms with E-state index < -0.39 is 0 Å². The molecule has 0 saturated heterocycles. The number of halogens is 1. The summed E-state index contributed by atoms with van der Waals surface area (Å²) in [5.74, 6) is 0.895. The molecule has 3 heteroatoms. The van der Waals surface area contributed by atoms with Crippen molar-refractivity contribution in [2.75, 3.05) is 12.4 Å². The van der Waals surface area contributed by atoms with Crippen LogP contribution in [0.1, 0.15) is 5.56 Å². The van der Waals surface area contributed by atoms with Crippen molar-refractivity contribution in [1.82, 2.24) is 0 Å². The fourth-order valence-electron chi connectivity index (χ4n) is 2.38. The van der Waals surface area contributed by atoms with Crippen LogP contribution in [0.3, 0.4) is 0 Å². The van der Waals surface area contributed by atoms with E-state index in [1.807, 2.05) is 12.1 Å². The average Bonchev–Trinajstić information content (AvgIpc) is 2.53. The highest BCUT2D eigenvalue weighted by Crippen LogP contribution is 2.25. The molecule has 0 aliphatic heterocycles. The molecule has 0 spiro atoms. The molecular weight excluding hydrogens is 326 g/mol. The van der Waals surface area contributed by atoms with E-state index in [4.69, 9.17) is 4.74 Å². The van der Waals surface area contributed by atoms with Gasteiger partial charge in [0.1, 0.15) is 5.75 Å². The van der Waals surface area contributed by atoms with Gasteiger partial charge in [0.05, 0.1) is 7.11 Å². The SMILES string of the molecule is COc1ccc(Br)cc1CNc1ccc2ccccc2c1. The van der Waals surface area contributed by atoms with Gasteiger partial charge in [0.2, 0.25) is 0 Å². The number of anilines is 1. The van der Waals surface area contributed by atoms with Crippen LogP contribution in [0.4, 0.5) is 5.69 Å². The fourth-order valence-corrected chi connectivity index (χ4v) is 2.79. The molecule has 0 heterocycles. The number of rotatable bonds is 4. The number of benzene rings is 3. The average molecular weight is 342 g/mol. The molecule has 106 valence electrons. The van der Waals surface area contributed by atoms with Crippen molar-refractivity contribution in [2.24, 2.45) is 0 Å². The van der Waals surface area contributed by atoms with E-state index in [2.05, 4.69) is 69.8 Å². The number of hydrogen-bond donors (Lipinski definition) is 1. The van der Waals surface area contributed by atoms with Gasteiger partial charge in [0.15, 0.2) is 0 Å². The van der Waals surface area contributed by atoms with E-state index in [0.717, 1.165) is 28.0 Å². The number of fused-ring (bicyclic) bond motifs is 1. The van der Waals surface area contributed by atoms with E-state index in [1.54, 1.807) is 7.11 Å². The zero-order valence-electron chi connectivity index (χ0n) is 11.8. The van der Waals surface area contributed by atoms with Crippen LogP contribution in [0.25, 0.3) is 10.8 Å². The highest BCUT2D eigenvalue weighted by atomic mass is 79.9. The molecule has 0 amide bonds. The van der Waals surface area contributed by atoms with E-state index in [0.29, 0.717) is 0 Å². The van der Waals surface area contributed by atoms with Crippen molar-refractivity contribution in [3.8, 4) is 5.75 Å². The molecule has 0 aromatic heterocycles. The molecule has 0 saturated carbocycles. The van der Waals surface area contributed by atoms with Crippen molar-refractivity contribution in [3.05, 3.63) is 70.7 Å². The molecule has 0 atom stereocenters. The summed E-state index contributed by atoms with van der Waals surface area (Å²) in [4.78, 5) is 0. The lowest BCUT2D eigenvalue weighted by atomic mass is 10.1. The van der Waals surface area contributed by atoms with Crippen molar-refractivity contribution in [1.29, 1.82) is 0 Å². The smallest absolute Gasteiger partial charge is 0.123 e. The minimum atomic E-state index is 0.723. The maximum atomic E-state index is 5.40. The number of hydrogen-bond acceptors (Lipinski definition) is 2. The van der Waals surface area contributed by atoms with Crippen LogP contribution in [-0.4, -0.2) is 7.11 Å². The Hall–Kier alpha value is -2.00. The first-order chi connectivity index (χ1) is 10.3. The van der Waals surface area contributed by atoms with Gasteiger partial charge in [-0.1, -0.05) is 46.3 Å². The summed E-state index contributed by atoms with van der Waals surface area (Å²) in [6, 6.07) is 20.8. The molecule has 0 fully saturated rings. The zero-order valence-corrected chi connectivity index (χ0v) is 13.4. The summed E-state index contributed by atoms with van der Waals surface area (Å²) >= 11 is 3.50. The van der Waals surface area contributed by atoms with Gasteiger partial charge in [-0.15, -0.1) is 0 Å². The molecule has 0 bridgehead atoms. The van der Waals surface area contributed by atoms with Crippen LogP contribution in [-0.2, 0) is 6.54 Å². The van der Waals surface area contributed by atoms with Crippen molar-refractivity contribution in [3.63, 3.8) is 0 Å². The molecule has 0 aliphatic rings. The van der Waals surface area contributed by atoms with Gasteiger partial charge >= 0.3 is 0 Å². The fraction of sp³-hybridized carbons (Fsp3) is 0.111. The Labute approximate surface area is 132 Å². The van der Waals surface area contributed by atoms with Crippen molar-refractivity contribution >= 4 is 32.4 Å². The third-order valence-electron chi connectivity index (χ3n) is 3.47. The number of ether oxygens (including phenoxy) is 1. The lowest BCUT2D eigenvalue weighted by Crippen LogP contribution is -2.01. The minimum absolute atomic E-state index is 0.723. The Balaban J connectivity index is 1.81. The number of nitrogens with one attached hydrogen (secondary N) is 1. The Morgan fingerprint density at radius 3 is 2.57 bits per heavy atom. The summed E-state index contributed by atoms with van der Waals surface area (Å²) < 4.78 is 6.45. The van der Waals surface area contributed by atoms with Crippen LogP contribution < -0.4 is 10.1 Å². The second-order valence-corrected chi connectivity index (χ2v) is 5.79. The summed E-state index contributed by atoms with van der Waals surface area (Å²) in [7, 11) is 1.70. The topological polar surface area (TPSA) is 21.3 Å². The predicted octanol–water partition coefficient (Wildman–Crippen LogP) is 5.22. The Morgan fingerprint density at radius 2 is 1.76 bits per heavy atom. The quantitative estimate of drug-likeness (QED) is 0.702. The van der Waals surface area contributed by atoms with Crippen LogP contribution in [0.5, 0.6) is 5.75 Å². The van der Waals surface area contributed by atoms with E-state index >= 15 is 0 Å². The molecule has 3 aromatic rings. The van der Waals surface area contributed by atoms with Gasteiger partial charge in [0.25, 0.3) is 0 Å². The second kappa shape index (κ2) is 6.19. The highest BCUT2D eigenvalue weighted by molar-refractivity contribution is 9.10. The minimum Gasteiger partial charge on any atom is -0.496 e. The largest absolute Gasteiger partial charge is 0.496 e. The third-order valence-corrected chi connectivity index (χ3v) is 3.97. The van der Waals surface area contributed by atoms with Crippen LogP contribution in [0.2, 0.25) is 0 Å². The van der Waals surface area contributed by atoms with Crippen molar-refractivity contribution < 1.29 is 4.74 Å². The molecule has 21 heavy (non-hydrogen) atoms. The van der Waals surface area contributed by atoms with E-state index in [1.165, 1.54) is 10.8 Å². The van der Waals surface area contributed by atoms with Gasteiger partial charge in [-0.2, -0.15) is 0 Å². The summed E-state index contributed by atoms with van der Waals surface area (Å²) in [6.45, 7) is 0.723. The number of methoxy groups -OCH3 is 1. The van der Waals surface area contributed by atoms with Gasteiger partial charge < -0.3 is 10.1 Å². The standard InChI is InChI=1S/C18H16BrNO/c1-21-18-9-7-16(19)10-15(18)12-20-17-8-6-13-4-2-3-5-14(13)11-17/h2-11,20H,12H2,1H3. The zero-order chi connectivity index (χ0) is 14.7. The maximum Gasteiger partial charge on any atom is 0.123 e. The maximum absolute atomic E-state index is 5.40. The lowest BCUT2D eigenvalue weighted by Gasteiger charge is -2.11. The molecule has 0 unspecified atom stereocenters. The van der Waals surface area contributed by atoms with Crippen LogP contribution >= 0.6 is 15.9 Å². The molecule has 3 aromatic carbocycles.